The fourth-order valence-corrected chi connectivity index (χ4v) is 3.27. The summed E-state index contributed by atoms with van der Waals surface area (Å²) in [4.78, 5) is 39.5. The molecule has 8 heteroatoms. The summed E-state index contributed by atoms with van der Waals surface area (Å²) in [5.41, 5.74) is -0.0986. The largest absolute Gasteiger partial charge is 0.348 e. The van der Waals surface area contributed by atoms with Crippen LogP contribution in [-0.4, -0.2) is 47.5 Å². The van der Waals surface area contributed by atoms with Gasteiger partial charge in [-0.3, -0.25) is 14.4 Å². The van der Waals surface area contributed by atoms with Crippen molar-refractivity contribution in [2.24, 2.45) is 0 Å². The van der Waals surface area contributed by atoms with E-state index >= 15 is 0 Å². The number of likely N-dealkylation sites (N-methyl/N-ethyl adjacent to an activating group) is 1. The van der Waals surface area contributed by atoms with Gasteiger partial charge in [0.15, 0.2) is 0 Å². The molecule has 1 aliphatic heterocycles. The lowest BCUT2D eigenvalue weighted by Gasteiger charge is -2.30. The number of piperidine rings is 1. The summed E-state index contributed by atoms with van der Waals surface area (Å²) in [5.74, 6) is -1.28. The SMILES string of the molecule is CN1CCCC(NC(=O)c2cccn(CC(=O)Nc3ccc(F)cc3)c2=O)C1. The van der Waals surface area contributed by atoms with E-state index in [1.54, 1.807) is 6.07 Å². The Labute approximate surface area is 162 Å². The van der Waals surface area contributed by atoms with E-state index in [-0.39, 0.29) is 18.2 Å². The zero-order valence-corrected chi connectivity index (χ0v) is 15.7. The van der Waals surface area contributed by atoms with Crippen LogP contribution in [0.1, 0.15) is 23.2 Å². The van der Waals surface area contributed by atoms with Crippen molar-refractivity contribution in [2.75, 3.05) is 25.5 Å². The highest BCUT2D eigenvalue weighted by Gasteiger charge is 2.21. The predicted molar refractivity (Wildman–Crippen MR) is 104 cm³/mol. The summed E-state index contributed by atoms with van der Waals surface area (Å²) in [6.07, 6.45) is 3.32. The summed E-state index contributed by atoms with van der Waals surface area (Å²) < 4.78 is 14.1. The standard InChI is InChI=1S/C20H23FN4O3/c1-24-10-2-4-16(12-24)23-19(27)17-5-3-11-25(20(17)28)13-18(26)22-15-8-6-14(21)7-9-15/h3,5-9,11,16H,2,4,10,12-13H2,1H3,(H,22,26)(H,23,27). The van der Waals surface area contributed by atoms with Gasteiger partial charge in [-0.05, 0) is 62.8 Å². The first kappa shape index (κ1) is 19.8. The Hall–Kier alpha value is -3.00. The Morgan fingerprint density at radius 2 is 1.96 bits per heavy atom. The minimum absolute atomic E-state index is 0.00100. The van der Waals surface area contributed by atoms with Crippen LogP contribution in [0.25, 0.3) is 0 Å². The molecule has 1 saturated heterocycles. The highest BCUT2D eigenvalue weighted by molar-refractivity contribution is 5.94. The Kier molecular flexibility index (Phi) is 6.20. The van der Waals surface area contributed by atoms with Gasteiger partial charge >= 0.3 is 0 Å². The fourth-order valence-electron chi connectivity index (χ4n) is 3.27. The monoisotopic (exact) mass is 386 g/mol. The Morgan fingerprint density at radius 1 is 1.21 bits per heavy atom. The van der Waals surface area contributed by atoms with Gasteiger partial charge in [-0.1, -0.05) is 0 Å². The smallest absolute Gasteiger partial charge is 0.263 e. The number of pyridine rings is 1. The molecule has 1 aromatic carbocycles. The highest BCUT2D eigenvalue weighted by atomic mass is 19.1. The van der Waals surface area contributed by atoms with Crippen LogP contribution in [0.2, 0.25) is 0 Å². The van der Waals surface area contributed by atoms with Crippen LogP contribution in [0.5, 0.6) is 0 Å². The number of hydrogen-bond acceptors (Lipinski definition) is 4. The number of aromatic nitrogens is 1. The number of rotatable bonds is 5. The van der Waals surface area contributed by atoms with Crippen molar-refractivity contribution in [1.29, 1.82) is 0 Å². The molecule has 3 rings (SSSR count). The van der Waals surface area contributed by atoms with Gasteiger partial charge in [0.05, 0.1) is 0 Å². The number of amides is 2. The van der Waals surface area contributed by atoms with Crippen molar-refractivity contribution < 1.29 is 14.0 Å². The summed E-state index contributed by atoms with van der Waals surface area (Å²) in [6, 6.07) is 8.35. The van der Waals surface area contributed by atoms with E-state index in [0.29, 0.717) is 5.69 Å². The number of likely N-dealkylation sites (tertiary alicyclic amines) is 1. The Balaban J connectivity index is 1.66. The normalized spacial score (nSPS) is 17.1. The van der Waals surface area contributed by atoms with Crippen molar-refractivity contribution in [3.8, 4) is 0 Å². The topological polar surface area (TPSA) is 83.4 Å². The molecule has 0 radical (unpaired) electrons. The van der Waals surface area contributed by atoms with Gasteiger partial charge in [-0.2, -0.15) is 0 Å². The van der Waals surface area contributed by atoms with Gasteiger partial charge in [0, 0.05) is 24.5 Å². The maximum atomic E-state index is 12.9. The molecule has 1 atom stereocenters. The number of halogens is 1. The third-order valence-electron chi connectivity index (χ3n) is 4.67. The third kappa shape index (κ3) is 5.04. The Bertz CT molecular complexity index is 910. The molecule has 28 heavy (non-hydrogen) atoms. The second kappa shape index (κ2) is 8.79. The minimum Gasteiger partial charge on any atom is -0.348 e. The highest BCUT2D eigenvalue weighted by Crippen LogP contribution is 2.09. The number of nitrogens with zero attached hydrogens (tertiary/aromatic N) is 2. The molecule has 1 unspecified atom stereocenters. The number of hydrogen-bond donors (Lipinski definition) is 2. The van der Waals surface area contributed by atoms with E-state index in [4.69, 9.17) is 0 Å². The molecular formula is C20H23FN4O3. The van der Waals surface area contributed by atoms with Gasteiger partial charge in [-0.25, -0.2) is 4.39 Å². The lowest BCUT2D eigenvalue weighted by molar-refractivity contribution is -0.116. The molecule has 148 valence electrons. The number of benzene rings is 1. The lowest BCUT2D eigenvalue weighted by Crippen LogP contribution is -2.47. The summed E-state index contributed by atoms with van der Waals surface area (Å²) in [7, 11) is 1.99. The molecule has 2 amide bonds. The van der Waals surface area contributed by atoms with Crippen molar-refractivity contribution in [2.45, 2.75) is 25.4 Å². The summed E-state index contributed by atoms with van der Waals surface area (Å²) >= 11 is 0. The lowest BCUT2D eigenvalue weighted by atomic mass is 10.1. The first-order chi connectivity index (χ1) is 13.4. The quantitative estimate of drug-likeness (QED) is 0.815. The number of anilines is 1. The molecule has 0 bridgehead atoms. The van der Waals surface area contributed by atoms with E-state index in [0.717, 1.165) is 25.9 Å². The van der Waals surface area contributed by atoms with Crippen LogP contribution in [-0.2, 0) is 11.3 Å². The van der Waals surface area contributed by atoms with Crippen molar-refractivity contribution >= 4 is 17.5 Å². The van der Waals surface area contributed by atoms with Crippen molar-refractivity contribution in [3.63, 3.8) is 0 Å². The van der Waals surface area contributed by atoms with Crippen LogP contribution in [0.15, 0.2) is 47.4 Å². The van der Waals surface area contributed by atoms with Crippen molar-refractivity contribution in [3.05, 3.63) is 64.3 Å². The van der Waals surface area contributed by atoms with Crippen LogP contribution in [0.4, 0.5) is 10.1 Å². The van der Waals surface area contributed by atoms with Gasteiger partial charge in [0.1, 0.15) is 17.9 Å². The molecular weight excluding hydrogens is 363 g/mol. The molecule has 0 spiro atoms. The van der Waals surface area contributed by atoms with E-state index in [9.17, 15) is 18.8 Å². The fraction of sp³-hybridized carbons (Fsp3) is 0.350. The zero-order chi connectivity index (χ0) is 20.1. The van der Waals surface area contributed by atoms with Gasteiger partial charge < -0.3 is 20.1 Å². The van der Waals surface area contributed by atoms with Crippen LogP contribution >= 0.6 is 0 Å². The molecule has 1 aliphatic rings. The van der Waals surface area contributed by atoms with E-state index in [1.807, 2.05) is 7.05 Å². The number of carbonyl (C=O) groups is 2. The van der Waals surface area contributed by atoms with Gasteiger partial charge in [0.2, 0.25) is 5.91 Å². The van der Waals surface area contributed by atoms with Crippen LogP contribution < -0.4 is 16.2 Å². The molecule has 2 heterocycles. The maximum Gasteiger partial charge on any atom is 0.263 e. The average molecular weight is 386 g/mol. The second-order valence-electron chi connectivity index (χ2n) is 6.98. The molecule has 0 saturated carbocycles. The number of carbonyl (C=O) groups excluding carboxylic acids is 2. The molecule has 0 aliphatic carbocycles. The summed E-state index contributed by atoms with van der Waals surface area (Å²) in [5, 5.41) is 5.49. The van der Waals surface area contributed by atoms with E-state index in [1.165, 1.54) is 41.1 Å². The first-order valence-corrected chi connectivity index (χ1v) is 9.16. The molecule has 1 fully saturated rings. The van der Waals surface area contributed by atoms with Gasteiger partial charge in [0.25, 0.3) is 11.5 Å². The van der Waals surface area contributed by atoms with Gasteiger partial charge in [-0.15, -0.1) is 0 Å². The minimum atomic E-state index is -0.529. The third-order valence-corrected chi connectivity index (χ3v) is 4.67. The average Bonchev–Trinajstić information content (AvgIpc) is 2.65. The molecule has 2 N–H and O–H groups in total. The number of nitrogens with one attached hydrogen (secondary N) is 2. The van der Waals surface area contributed by atoms with E-state index < -0.39 is 23.2 Å². The summed E-state index contributed by atoms with van der Waals surface area (Å²) in [6.45, 7) is 1.49. The van der Waals surface area contributed by atoms with Crippen molar-refractivity contribution in [1.82, 2.24) is 14.8 Å². The van der Waals surface area contributed by atoms with Crippen LogP contribution in [0.3, 0.4) is 0 Å². The second-order valence-corrected chi connectivity index (χ2v) is 6.98. The molecule has 1 aromatic heterocycles. The zero-order valence-electron chi connectivity index (χ0n) is 15.7. The first-order valence-electron chi connectivity index (χ1n) is 9.16. The Morgan fingerprint density at radius 3 is 2.68 bits per heavy atom. The predicted octanol–water partition coefficient (Wildman–Crippen LogP) is 1.45. The maximum absolute atomic E-state index is 12.9. The van der Waals surface area contributed by atoms with E-state index in [2.05, 4.69) is 15.5 Å². The molecule has 7 nitrogen and oxygen atoms in total. The molecule has 2 aromatic rings. The van der Waals surface area contributed by atoms with Crippen LogP contribution in [0, 0.1) is 5.82 Å².